The highest BCUT2D eigenvalue weighted by Gasteiger charge is 2.57. The summed E-state index contributed by atoms with van der Waals surface area (Å²) in [5.41, 5.74) is -3.60. The highest BCUT2D eigenvalue weighted by molar-refractivity contribution is 8.77. The topological polar surface area (TPSA) is 221 Å². The minimum atomic E-state index is -2.14. The average Bonchev–Trinajstić information content (AvgIpc) is 3.90. The number of nitrogens with one attached hydrogen (secondary N) is 1. The number of rotatable bonds is 46. The van der Waals surface area contributed by atoms with Crippen LogP contribution in [-0.2, 0) is 57.2 Å². The second kappa shape index (κ2) is 41.0. The first-order valence-electron chi connectivity index (χ1n) is 29.0. The third-order valence-corrected chi connectivity index (χ3v) is 17.6. The maximum Gasteiger partial charge on any atom is 0.310 e. The van der Waals surface area contributed by atoms with E-state index in [0.29, 0.717) is 56.8 Å². The molecule has 0 bridgehead atoms. The Hall–Kier alpha value is -3.09. The SMILES string of the molecule is CCCCCCCCC(CCCCCC)COC(=O)CCCC(=O)OCC(C)(C)C(C(=O)NCCC(=O)OCCN1CCOCC1)C(CCC(=O)O)(CC(CCCCCC)OC(=O)CCCCC1CCSS1)C(=O)O. The Kier molecular flexibility index (Phi) is 37.2. The molecular weight excluding hydrogens is 1000 g/mol. The molecule has 2 saturated heterocycles. The first kappa shape index (κ1) is 68.0. The van der Waals surface area contributed by atoms with Gasteiger partial charge in [-0.25, -0.2) is 0 Å². The molecule has 0 aliphatic carbocycles. The van der Waals surface area contributed by atoms with Gasteiger partial charge in [-0.15, -0.1) is 0 Å². The smallest absolute Gasteiger partial charge is 0.310 e. The summed E-state index contributed by atoms with van der Waals surface area (Å²) in [5, 5.41) is 24.8. The molecule has 0 aromatic carbocycles. The summed E-state index contributed by atoms with van der Waals surface area (Å²) >= 11 is 0. The lowest BCUT2D eigenvalue weighted by molar-refractivity contribution is -0.175. The minimum absolute atomic E-state index is 0.00712. The fraction of sp³-hybridized carbons (Fsp3) is 0.877. The van der Waals surface area contributed by atoms with Crippen LogP contribution in [0.2, 0.25) is 0 Å². The van der Waals surface area contributed by atoms with Crippen molar-refractivity contribution in [1.82, 2.24) is 10.2 Å². The lowest BCUT2D eigenvalue weighted by Crippen LogP contribution is -2.56. The van der Waals surface area contributed by atoms with E-state index in [-0.39, 0.29) is 57.6 Å². The molecular formula is C57H100N2O14S2. The van der Waals surface area contributed by atoms with Gasteiger partial charge < -0.3 is 39.2 Å². The van der Waals surface area contributed by atoms with Crippen molar-refractivity contribution in [2.75, 3.05) is 65.0 Å². The van der Waals surface area contributed by atoms with Crippen molar-refractivity contribution in [3.05, 3.63) is 0 Å². The molecule has 2 heterocycles. The molecule has 5 atom stereocenters. The first-order valence-corrected chi connectivity index (χ1v) is 31.4. The molecule has 2 rings (SSSR count). The highest BCUT2D eigenvalue weighted by Crippen LogP contribution is 2.49. The minimum Gasteiger partial charge on any atom is -0.481 e. The zero-order valence-electron chi connectivity index (χ0n) is 46.9. The average molecular weight is 1100 g/mol. The van der Waals surface area contributed by atoms with Crippen LogP contribution in [0.1, 0.15) is 221 Å². The van der Waals surface area contributed by atoms with Crippen molar-refractivity contribution < 1.29 is 67.5 Å². The molecule has 2 aliphatic rings. The van der Waals surface area contributed by atoms with E-state index in [4.69, 9.17) is 23.7 Å². The molecule has 2 fully saturated rings. The Morgan fingerprint density at radius 1 is 0.680 bits per heavy atom. The number of esters is 4. The highest BCUT2D eigenvalue weighted by atomic mass is 33.1. The lowest BCUT2D eigenvalue weighted by Gasteiger charge is -2.45. The van der Waals surface area contributed by atoms with Crippen LogP contribution in [0.15, 0.2) is 0 Å². The van der Waals surface area contributed by atoms with Crippen molar-refractivity contribution in [3.63, 3.8) is 0 Å². The number of carbonyl (C=O) groups excluding carboxylic acids is 5. The standard InChI is InChI=1S/C57H100N2O14S2/c1-6-9-12-15-16-18-24-45(23-17-13-10-7-2)43-71-49(62)28-22-29-50(63)72-44-56(4,5)53(54(66)58-34-31-51(64)70-40-37-59-35-38-69-39-36-59)57(55(67)68,33-30-48(60)61)42-46(25-19-14-11-8-3)73-52(65)27-21-20-26-47-32-41-74-75-47/h45-47,53H,6-44H2,1-5H3,(H,58,66)(H,60,61)(H,67,68). The quantitative estimate of drug-likeness (QED) is 0.0223. The van der Waals surface area contributed by atoms with Crippen molar-refractivity contribution >= 4 is 63.3 Å². The maximum atomic E-state index is 14.8. The third kappa shape index (κ3) is 30.6. The lowest BCUT2D eigenvalue weighted by atomic mass is 9.58. The molecule has 0 spiro atoms. The molecule has 0 radical (unpaired) electrons. The Morgan fingerprint density at radius 2 is 1.27 bits per heavy atom. The van der Waals surface area contributed by atoms with Gasteiger partial charge in [-0.3, -0.25) is 38.5 Å². The second-order valence-corrected chi connectivity index (χ2v) is 24.5. The summed E-state index contributed by atoms with van der Waals surface area (Å²) in [6.07, 6.45) is 18.4. The van der Waals surface area contributed by atoms with Gasteiger partial charge in [0.05, 0.1) is 44.2 Å². The zero-order chi connectivity index (χ0) is 55.2. The fourth-order valence-corrected chi connectivity index (χ4v) is 13.3. The van der Waals surface area contributed by atoms with Gasteiger partial charge in [0.15, 0.2) is 0 Å². The Bertz CT molecular complexity index is 1620. The van der Waals surface area contributed by atoms with Crippen LogP contribution in [0, 0.1) is 22.7 Å². The number of carboxylic acid groups (broad SMARTS) is 2. The molecule has 16 nitrogen and oxygen atoms in total. The first-order chi connectivity index (χ1) is 36.1. The number of carbonyl (C=O) groups is 7. The number of ether oxygens (including phenoxy) is 5. The zero-order valence-corrected chi connectivity index (χ0v) is 48.6. The number of hydrogen-bond donors (Lipinski definition) is 3. The van der Waals surface area contributed by atoms with Crippen molar-refractivity contribution in [1.29, 1.82) is 0 Å². The van der Waals surface area contributed by atoms with Crippen LogP contribution < -0.4 is 5.32 Å². The van der Waals surface area contributed by atoms with Crippen LogP contribution >= 0.6 is 21.6 Å². The van der Waals surface area contributed by atoms with Crippen molar-refractivity contribution in [2.24, 2.45) is 22.7 Å². The molecule has 1 amide bonds. The predicted octanol–water partition coefficient (Wildman–Crippen LogP) is 11.5. The number of amides is 1. The summed E-state index contributed by atoms with van der Waals surface area (Å²) in [6, 6.07) is 0. The van der Waals surface area contributed by atoms with Crippen LogP contribution in [0.5, 0.6) is 0 Å². The Balaban J connectivity index is 2.30. The molecule has 0 aromatic heterocycles. The molecule has 0 aromatic rings. The van der Waals surface area contributed by atoms with Crippen LogP contribution in [-0.4, -0.2) is 133 Å². The number of morpholine rings is 1. The van der Waals surface area contributed by atoms with E-state index in [0.717, 1.165) is 95.9 Å². The monoisotopic (exact) mass is 1100 g/mol. The van der Waals surface area contributed by atoms with Gasteiger partial charge in [0.2, 0.25) is 5.91 Å². The van der Waals surface area contributed by atoms with E-state index in [1.54, 1.807) is 13.8 Å². The van der Waals surface area contributed by atoms with E-state index in [1.807, 2.05) is 21.6 Å². The van der Waals surface area contributed by atoms with E-state index >= 15 is 0 Å². The summed E-state index contributed by atoms with van der Waals surface area (Å²) < 4.78 is 28.5. The van der Waals surface area contributed by atoms with Gasteiger partial charge in [0, 0.05) is 74.7 Å². The molecule has 0 saturated carbocycles. The van der Waals surface area contributed by atoms with Gasteiger partial charge in [0.1, 0.15) is 12.7 Å². The van der Waals surface area contributed by atoms with Crippen molar-refractivity contribution in [3.8, 4) is 0 Å². The Morgan fingerprint density at radius 3 is 1.88 bits per heavy atom. The summed E-state index contributed by atoms with van der Waals surface area (Å²) in [4.78, 5) is 96.0. The van der Waals surface area contributed by atoms with E-state index in [9.17, 15) is 43.8 Å². The number of nitrogens with zero attached hydrogens (tertiary/aromatic N) is 1. The van der Waals surface area contributed by atoms with Crippen LogP contribution in [0.25, 0.3) is 0 Å². The summed E-state index contributed by atoms with van der Waals surface area (Å²) in [6.45, 7) is 12.6. The molecule has 3 N–H and O–H groups in total. The van der Waals surface area contributed by atoms with Gasteiger partial charge in [0.25, 0.3) is 0 Å². The number of unbranched alkanes of at least 4 members (excludes halogenated alkanes) is 12. The number of carboxylic acids is 2. The Labute approximate surface area is 458 Å². The van der Waals surface area contributed by atoms with Gasteiger partial charge in [-0.05, 0) is 63.7 Å². The number of aliphatic carboxylic acids is 2. The summed E-state index contributed by atoms with van der Waals surface area (Å²) in [7, 11) is 3.74. The predicted molar refractivity (Wildman–Crippen MR) is 296 cm³/mol. The van der Waals surface area contributed by atoms with Gasteiger partial charge in [-0.2, -0.15) is 0 Å². The fourth-order valence-electron chi connectivity index (χ4n) is 10.3. The summed E-state index contributed by atoms with van der Waals surface area (Å²) in [5.74, 6) is -5.77. The molecule has 18 heteroatoms. The molecule has 5 unspecified atom stereocenters. The second-order valence-electron chi connectivity index (χ2n) is 21.7. The van der Waals surface area contributed by atoms with E-state index in [2.05, 4.69) is 31.0 Å². The maximum absolute atomic E-state index is 14.8. The van der Waals surface area contributed by atoms with Crippen molar-refractivity contribution in [2.45, 2.75) is 232 Å². The molecule has 434 valence electrons. The van der Waals surface area contributed by atoms with Crippen LogP contribution in [0.4, 0.5) is 0 Å². The van der Waals surface area contributed by atoms with E-state index < -0.39 is 78.1 Å². The third-order valence-electron chi connectivity index (χ3n) is 14.6. The van der Waals surface area contributed by atoms with Gasteiger partial charge in [-0.1, -0.05) is 146 Å². The molecule has 2 aliphatic heterocycles. The largest absolute Gasteiger partial charge is 0.481 e. The van der Waals surface area contributed by atoms with Crippen LogP contribution in [0.3, 0.4) is 0 Å². The van der Waals surface area contributed by atoms with E-state index in [1.165, 1.54) is 38.5 Å². The normalized spacial score (nSPS) is 17.1. The molecule has 75 heavy (non-hydrogen) atoms. The van der Waals surface area contributed by atoms with Gasteiger partial charge >= 0.3 is 35.8 Å². The number of hydrogen-bond acceptors (Lipinski definition) is 15.